The van der Waals surface area contributed by atoms with Gasteiger partial charge >= 0.3 is 0 Å². The van der Waals surface area contributed by atoms with Crippen LogP contribution in [0.5, 0.6) is 0 Å². The summed E-state index contributed by atoms with van der Waals surface area (Å²) in [5, 5.41) is 17.4. The van der Waals surface area contributed by atoms with E-state index in [4.69, 9.17) is 5.73 Å². The number of nitrogen functional groups attached to an aromatic ring is 1. The number of hydrogen-bond acceptors (Lipinski definition) is 4. The Morgan fingerprint density at radius 3 is 3.00 bits per heavy atom. The third kappa shape index (κ3) is 1.08. The molecule has 2 aromatic rings. The molecule has 0 bridgehead atoms. The third-order valence-electron chi connectivity index (χ3n) is 1.79. The van der Waals surface area contributed by atoms with Crippen molar-refractivity contribution in [3.05, 3.63) is 28.3 Å². The number of nitrogens with one attached hydrogen (secondary N) is 1. The van der Waals surface area contributed by atoms with Gasteiger partial charge in [0.15, 0.2) is 5.82 Å². The van der Waals surface area contributed by atoms with E-state index in [1.807, 2.05) is 0 Å². The molecule has 0 aliphatic rings. The van der Waals surface area contributed by atoms with Gasteiger partial charge < -0.3 is 5.73 Å². The van der Waals surface area contributed by atoms with Crippen molar-refractivity contribution in [2.75, 3.05) is 5.73 Å². The van der Waals surface area contributed by atoms with E-state index in [0.29, 0.717) is 16.7 Å². The van der Waals surface area contributed by atoms with Gasteiger partial charge in [-0.3, -0.25) is 15.2 Å². The van der Waals surface area contributed by atoms with E-state index >= 15 is 0 Å². The summed E-state index contributed by atoms with van der Waals surface area (Å²) in [6, 6.07) is 4.37. The maximum absolute atomic E-state index is 10.4. The molecule has 0 fully saturated rings. The molecule has 6 heteroatoms. The van der Waals surface area contributed by atoms with Gasteiger partial charge in [-0.1, -0.05) is 0 Å². The second-order valence-corrected chi connectivity index (χ2v) is 2.60. The Labute approximate surface area is 72.5 Å². The van der Waals surface area contributed by atoms with Gasteiger partial charge in [0.25, 0.3) is 5.69 Å². The van der Waals surface area contributed by atoms with Crippen LogP contribution < -0.4 is 5.73 Å². The van der Waals surface area contributed by atoms with Gasteiger partial charge in [0.2, 0.25) is 0 Å². The maximum atomic E-state index is 10.4. The number of benzene rings is 1. The second-order valence-electron chi connectivity index (χ2n) is 2.60. The number of nitrogens with zero attached hydrogens (tertiary/aromatic N) is 2. The molecule has 1 aromatic heterocycles. The Morgan fingerprint density at radius 1 is 1.54 bits per heavy atom. The van der Waals surface area contributed by atoms with Crippen LogP contribution in [0.15, 0.2) is 18.2 Å². The fourth-order valence-corrected chi connectivity index (χ4v) is 1.14. The lowest BCUT2D eigenvalue weighted by molar-refractivity contribution is -0.384. The second kappa shape index (κ2) is 2.44. The summed E-state index contributed by atoms with van der Waals surface area (Å²) in [5.74, 6) is 0.352. The molecule has 0 amide bonds. The lowest BCUT2D eigenvalue weighted by Gasteiger charge is -1.90. The van der Waals surface area contributed by atoms with Crippen LogP contribution in [0.3, 0.4) is 0 Å². The minimum atomic E-state index is -0.462. The zero-order valence-corrected chi connectivity index (χ0v) is 6.52. The molecule has 0 saturated carbocycles. The molecule has 0 saturated heterocycles. The molecule has 3 N–H and O–H groups in total. The van der Waals surface area contributed by atoms with Crippen LogP contribution in [0.1, 0.15) is 0 Å². The van der Waals surface area contributed by atoms with E-state index in [9.17, 15) is 10.1 Å². The highest BCUT2D eigenvalue weighted by atomic mass is 16.6. The van der Waals surface area contributed by atoms with Gasteiger partial charge in [-0.15, -0.1) is 0 Å². The van der Waals surface area contributed by atoms with Gasteiger partial charge in [0.05, 0.1) is 10.4 Å². The maximum Gasteiger partial charge on any atom is 0.271 e. The normalized spacial score (nSPS) is 10.5. The van der Waals surface area contributed by atoms with Crippen LogP contribution in [-0.2, 0) is 0 Å². The topological polar surface area (TPSA) is 97.8 Å². The summed E-state index contributed by atoms with van der Waals surface area (Å²) in [5.41, 5.74) is 6.09. The largest absolute Gasteiger partial charge is 0.382 e. The van der Waals surface area contributed by atoms with Gasteiger partial charge in [-0.25, -0.2) is 0 Å². The number of nitro benzene ring substituents is 1. The smallest absolute Gasteiger partial charge is 0.271 e. The summed E-state index contributed by atoms with van der Waals surface area (Å²) in [6.07, 6.45) is 0. The minimum Gasteiger partial charge on any atom is -0.382 e. The molecular formula is C7H6N4O2. The van der Waals surface area contributed by atoms with Crippen LogP contribution in [0.4, 0.5) is 11.5 Å². The van der Waals surface area contributed by atoms with E-state index in [1.165, 1.54) is 12.1 Å². The van der Waals surface area contributed by atoms with Crippen molar-refractivity contribution in [2.45, 2.75) is 0 Å². The molecule has 66 valence electrons. The number of anilines is 1. The predicted molar refractivity (Wildman–Crippen MR) is 47.2 cm³/mol. The van der Waals surface area contributed by atoms with Crippen LogP contribution in [0.25, 0.3) is 10.9 Å². The van der Waals surface area contributed by atoms with Crippen molar-refractivity contribution in [3.63, 3.8) is 0 Å². The molecule has 0 unspecified atom stereocenters. The molecule has 0 atom stereocenters. The van der Waals surface area contributed by atoms with Gasteiger partial charge in [0, 0.05) is 17.5 Å². The highest BCUT2D eigenvalue weighted by Crippen LogP contribution is 2.22. The number of nitro groups is 1. The van der Waals surface area contributed by atoms with Crippen LogP contribution >= 0.6 is 0 Å². The molecule has 0 aliphatic heterocycles. The summed E-state index contributed by atoms with van der Waals surface area (Å²) >= 11 is 0. The molecule has 0 spiro atoms. The minimum absolute atomic E-state index is 0.0242. The number of H-pyrrole nitrogens is 1. The highest BCUT2D eigenvalue weighted by molar-refractivity contribution is 5.89. The van der Waals surface area contributed by atoms with Crippen molar-refractivity contribution >= 4 is 22.4 Å². The van der Waals surface area contributed by atoms with Crippen molar-refractivity contribution < 1.29 is 4.92 Å². The van der Waals surface area contributed by atoms with Gasteiger partial charge in [0.1, 0.15) is 0 Å². The number of hydrogen-bond donors (Lipinski definition) is 2. The Balaban J connectivity index is 2.70. The van der Waals surface area contributed by atoms with Gasteiger partial charge in [-0.2, -0.15) is 5.10 Å². The summed E-state index contributed by atoms with van der Waals surface area (Å²) < 4.78 is 0. The zero-order chi connectivity index (χ0) is 9.42. The van der Waals surface area contributed by atoms with Crippen LogP contribution in [0.2, 0.25) is 0 Å². The Morgan fingerprint density at radius 2 is 2.31 bits per heavy atom. The Hall–Kier alpha value is -2.11. The number of fused-ring (bicyclic) bond motifs is 1. The average Bonchev–Trinajstić information content (AvgIpc) is 2.47. The molecule has 1 heterocycles. The monoisotopic (exact) mass is 178 g/mol. The lowest BCUT2D eigenvalue weighted by Crippen LogP contribution is -1.87. The molecule has 0 radical (unpaired) electrons. The van der Waals surface area contributed by atoms with Crippen molar-refractivity contribution in [2.24, 2.45) is 0 Å². The van der Waals surface area contributed by atoms with E-state index in [1.54, 1.807) is 6.07 Å². The number of non-ortho nitro benzene ring substituents is 1. The first-order chi connectivity index (χ1) is 6.18. The van der Waals surface area contributed by atoms with Crippen LogP contribution in [0, 0.1) is 10.1 Å². The van der Waals surface area contributed by atoms with Crippen LogP contribution in [-0.4, -0.2) is 15.1 Å². The fourth-order valence-electron chi connectivity index (χ4n) is 1.14. The fraction of sp³-hybridized carbons (Fsp3) is 0. The summed E-state index contributed by atoms with van der Waals surface area (Å²) in [4.78, 5) is 9.93. The van der Waals surface area contributed by atoms with E-state index in [0.717, 1.165) is 0 Å². The number of aromatic amines is 1. The molecule has 2 rings (SSSR count). The first kappa shape index (κ1) is 7.53. The lowest BCUT2D eigenvalue weighted by atomic mass is 10.2. The van der Waals surface area contributed by atoms with E-state index in [-0.39, 0.29) is 5.69 Å². The van der Waals surface area contributed by atoms with Crippen molar-refractivity contribution in [3.8, 4) is 0 Å². The first-order valence-corrected chi connectivity index (χ1v) is 3.56. The van der Waals surface area contributed by atoms with Crippen molar-refractivity contribution in [1.29, 1.82) is 0 Å². The SMILES string of the molecule is Nc1n[nH]c2cc([N+](=O)[O-])ccc12. The standard InChI is InChI=1S/C7H6N4O2/c8-7-5-2-1-4(11(12)13)3-6(5)9-10-7/h1-3H,(H3,8,9,10). The molecule has 6 nitrogen and oxygen atoms in total. The Kier molecular flexibility index (Phi) is 1.42. The highest BCUT2D eigenvalue weighted by Gasteiger charge is 2.08. The molecular weight excluding hydrogens is 172 g/mol. The summed E-state index contributed by atoms with van der Waals surface area (Å²) in [7, 11) is 0. The molecule has 13 heavy (non-hydrogen) atoms. The van der Waals surface area contributed by atoms with E-state index in [2.05, 4.69) is 10.2 Å². The number of nitrogens with two attached hydrogens (primary N) is 1. The average molecular weight is 178 g/mol. The predicted octanol–water partition coefficient (Wildman–Crippen LogP) is 1.05. The molecule has 0 aliphatic carbocycles. The molecule has 1 aromatic carbocycles. The number of rotatable bonds is 1. The number of aromatic nitrogens is 2. The third-order valence-corrected chi connectivity index (χ3v) is 1.79. The zero-order valence-electron chi connectivity index (χ0n) is 6.52. The van der Waals surface area contributed by atoms with Crippen molar-refractivity contribution in [1.82, 2.24) is 10.2 Å². The van der Waals surface area contributed by atoms with E-state index < -0.39 is 4.92 Å². The first-order valence-electron chi connectivity index (χ1n) is 3.56. The van der Waals surface area contributed by atoms with Gasteiger partial charge in [-0.05, 0) is 6.07 Å². The Bertz CT molecular complexity index is 476. The quantitative estimate of drug-likeness (QED) is 0.503. The summed E-state index contributed by atoms with van der Waals surface area (Å²) in [6.45, 7) is 0.